The Kier molecular flexibility index (Phi) is 6.06. The number of rotatable bonds is 6. The van der Waals surface area contributed by atoms with Gasteiger partial charge in [-0.25, -0.2) is 4.68 Å². The number of hydrogen-bond donors (Lipinski definition) is 1. The van der Waals surface area contributed by atoms with Gasteiger partial charge >= 0.3 is 0 Å². The zero-order chi connectivity index (χ0) is 23.7. The highest BCUT2D eigenvalue weighted by Gasteiger charge is 2.19. The van der Waals surface area contributed by atoms with E-state index in [4.69, 9.17) is 25.6 Å². The van der Waals surface area contributed by atoms with E-state index in [1.807, 2.05) is 25.1 Å². The number of halogens is 1. The molecule has 0 bridgehead atoms. The summed E-state index contributed by atoms with van der Waals surface area (Å²) in [6, 6.07) is 8.95. The highest BCUT2D eigenvalue weighted by atomic mass is 35.5. The minimum absolute atomic E-state index is 0.346. The van der Waals surface area contributed by atoms with Crippen LogP contribution in [0, 0.1) is 20.8 Å². The van der Waals surface area contributed by atoms with Crippen LogP contribution in [0.4, 0.5) is 5.69 Å². The standard InChI is InChI=1S/C23H22ClN5O4/c1-12-6-7-15(22-25-14(3)33-28-22)8-19(12)29-11-16(13(2)27-29)23(30)26-18-9-17(24)20(31-4)10-21(18)32-5/h6-11H,1-5H3,(H,26,30). The number of hydrogen-bond acceptors (Lipinski definition) is 7. The molecule has 0 saturated heterocycles. The number of carbonyl (C=O) groups excluding carboxylic acids is 1. The molecule has 0 fully saturated rings. The molecule has 10 heteroatoms. The number of methoxy groups -OCH3 is 2. The molecule has 170 valence electrons. The van der Waals surface area contributed by atoms with Crippen molar-refractivity contribution in [3.8, 4) is 28.6 Å². The lowest BCUT2D eigenvalue weighted by Crippen LogP contribution is -2.13. The largest absolute Gasteiger partial charge is 0.495 e. The summed E-state index contributed by atoms with van der Waals surface area (Å²) in [5.74, 6) is 1.49. The molecule has 0 aliphatic rings. The first-order valence-electron chi connectivity index (χ1n) is 10.0. The van der Waals surface area contributed by atoms with Crippen molar-refractivity contribution in [2.24, 2.45) is 0 Å². The smallest absolute Gasteiger partial charge is 0.259 e. The first-order valence-corrected chi connectivity index (χ1v) is 10.4. The molecule has 4 aromatic rings. The van der Waals surface area contributed by atoms with Crippen LogP contribution in [0.1, 0.15) is 27.5 Å². The SMILES string of the molecule is COc1cc(OC)c(NC(=O)c2cn(-c3cc(-c4noc(C)n4)ccc3C)nc2C)cc1Cl. The number of aryl methyl sites for hydroxylation is 3. The summed E-state index contributed by atoms with van der Waals surface area (Å²) in [7, 11) is 3.01. The molecule has 2 aromatic carbocycles. The van der Waals surface area contributed by atoms with Crippen LogP contribution in [0.5, 0.6) is 11.5 Å². The van der Waals surface area contributed by atoms with Crippen molar-refractivity contribution in [2.75, 3.05) is 19.5 Å². The molecule has 0 aliphatic heterocycles. The summed E-state index contributed by atoms with van der Waals surface area (Å²) in [6.07, 6.45) is 1.68. The summed E-state index contributed by atoms with van der Waals surface area (Å²) < 4.78 is 17.3. The van der Waals surface area contributed by atoms with Crippen LogP contribution in [0.15, 0.2) is 41.1 Å². The molecule has 9 nitrogen and oxygen atoms in total. The maximum Gasteiger partial charge on any atom is 0.259 e. The Morgan fingerprint density at radius 2 is 1.85 bits per heavy atom. The third-order valence-electron chi connectivity index (χ3n) is 5.11. The van der Waals surface area contributed by atoms with Crippen LogP contribution in [0.3, 0.4) is 0 Å². The minimum Gasteiger partial charge on any atom is -0.495 e. The van der Waals surface area contributed by atoms with E-state index in [-0.39, 0.29) is 5.91 Å². The first-order chi connectivity index (χ1) is 15.8. The normalized spacial score (nSPS) is 10.8. The highest BCUT2D eigenvalue weighted by molar-refractivity contribution is 6.32. The van der Waals surface area contributed by atoms with Gasteiger partial charge in [0.1, 0.15) is 11.5 Å². The van der Waals surface area contributed by atoms with Gasteiger partial charge in [0.15, 0.2) is 0 Å². The number of nitrogens with one attached hydrogen (secondary N) is 1. The van der Waals surface area contributed by atoms with Gasteiger partial charge in [-0.05, 0) is 31.5 Å². The molecular weight excluding hydrogens is 446 g/mol. The average Bonchev–Trinajstić information content (AvgIpc) is 3.40. The Hall–Kier alpha value is -3.85. The van der Waals surface area contributed by atoms with E-state index in [1.165, 1.54) is 14.2 Å². The van der Waals surface area contributed by atoms with Crippen LogP contribution in [0.25, 0.3) is 17.1 Å². The van der Waals surface area contributed by atoms with Crippen molar-refractivity contribution in [2.45, 2.75) is 20.8 Å². The summed E-state index contributed by atoms with van der Waals surface area (Å²) in [5, 5.41) is 11.7. The Balaban J connectivity index is 1.66. The summed E-state index contributed by atoms with van der Waals surface area (Å²) in [6.45, 7) is 5.46. The van der Waals surface area contributed by atoms with Crippen LogP contribution in [-0.2, 0) is 0 Å². The van der Waals surface area contributed by atoms with Crippen LogP contribution in [-0.4, -0.2) is 40.0 Å². The second-order valence-corrected chi connectivity index (χ2v) is 7.76. The van der Waals surface area contributed by atoms with E-state index >= 15 is 0 Å². The van der Waals surface area contributed by atoms with E-state index in [1.54, 1.807) is 36.9 Å². The number of benzene rings is 2. The van der Waals surface area contributed by atoms with E-state index in [2.05, 4.69) is 20.6 Å². The van der Waals surface area contributed by atoms with Gasteiger partial charge in [-0.3, -0.25) is 4.79 Å². The van der Waals surface area contributed by atoms with Crippen molar-refractivity contribution in [1.29, 1.82) is 0 Å². The first kappa shape index (κ1) is 22.3. The Morgan fingerprint density at radius 1 is 1.09 bits per heavy atom. The van der Waals surface area contributed by atoms with Crippen LogP contribution >= 0.6 is 11.6 Å². The molecule has 0 radical (unpaired) electrons. The van der Waals surface area contributed by atoms with Crippen LogP contribution < -0.4 is 14.8 Å². The average molecular weight is 468 g/mol. The molecule has 0 spiro atoms. The van der Waals surface area contributed by atoms with Gasteiger partial charge < -0.3 is 19.3 Å². The number of amides is 1. The number of aromatic nitrogens is 4. The zero-order valence-electron chi connectivity index (χ0n) is 18.8. The summed E-state index contributed by atoms with van der Waals surface area (Å²) >= 11 is 6.22. The molecule has 1 amide bonds. The van der Waals surface area contributed by atoms with Gasteiger partial charge in [0.2, 0.25) is 11.7 Å². The number of ether oxygens (including phenoxy) is 2. The van der Waals surface area contributed by atoms with E-state index in [0.29, 0.717) is 45.2 Å². The Labute approximate surface area is 195 Å². The molecule has 1 N–H and O–H groups in total. The van der Waals surface area contributed by atoms with Crippen molar-refractivity contribution in [3.05, 3.63) is 64.3 Å². The van der Waals surface area contributed by atoms with Gasteiger partial charge in [-0.15, -0.1) is 0 Å². The van der Waals surface area contributed by atoms with E-state index in [9.17, 15) is 4.79 Å². The lowest BCUT2D eigenvalue weighted by molar-refractivity contribution is 0.102. The number of nitrogens with zero attached hydrogens (tertiary/aromatic N) is 4. The molecular formula is C23H22ClN5O4. The third-order valence-corrected chi connectivity index (χ3v) is 5.40. The van der Waals surface area contributed by atoms with Crippen molar-refractivity contribution < 1.29 is 18.8 Å². The van der Waals surface area contributed by atoms with Crippen molar-refractivity contribution in [3.63, 3.8) is 0 Å². The second kappa shape index (κ2) is 8.95. The predicted octanol–water partition coefficient (Wildman–Crippen LogP) is 4.77. The second-order valence-electron chi connectivity index (χ2n) is 7.35. The fraction of sp³-hybridized carbons (Fsp3) is 0.217. The van der Waals surface area contributed by atoms with Crippen LogP contribution in [0.2, 0.25) is 5.02 Å². The summed E-state index contributed by atoms with van der Waals surface area (Å²) in [4.78, 5) is 17.3. The molecule has 0 atom stereocenters. The third kappa shape index (κ3) is 4.40. The van der Waals surface area contributed by atoms with Gasteiger partial charge in [0.25, 0.3) is 5.91 Å². The van der Waals surface area contributed by atoms with Gasteiger partial charge in [0, 0.05) is 24.8 Å². The molecule has 0 unspecified atom stereocenters. The lowest BCUT2D eigenvalue weighted by Gasteiger charge is -2.12. The van der Waals surface area contributed by atoms with Crippen molar-refractivity contribution >= 4 is 23.2 Å². The molecule has 2 aromatic heterocycles. The predicted molar refractivity (Wildman–Crippen MR) is 124 cm³/mol. The number of anilines is 1. The zero-order valence-corrected chi connectivity index (χ0v) is 19.5. The van der Waals surface area contributed by atoms with Gasteiger partial charge in [-0.1, -0.05) is 28.9 Å². The highest BCUT2D eigenvalue weighted by Crippen LogP contribution is 2.36. The Morgan fingerprint density at radius 3 is 2.52 bits per heavy atom. The molecule has 4 rings (SSSR count). The van der Waals surface area contributed by atoms with Gasteiger partial charge in [0.05, 0.1) is 41.9 Å². The molecule has 0 aliphatic carbocycles. The monoisotopic (exact) mass is 467 g/mol. The topological polar surface area (TPSA) is 104 Å². The van der Waals surface area contributed by atoms with E-state index < -0.39 is 0 Å². The molecule has 33 heavy (non-hydrogen) atoms. The molecule has 0 saturated carbocycles. The quantitative estimate of drug-likeness (QED) is 0.435. The Bertz CT molecular complexity index is 1340. The number of carbonyl (C=O) groups is 1. The van der Waals surface area contributed by atoms with E-state index in [0.717, 1.165) is 16.8 Å². The fourth-order valence-corrected chi connectivity index (χ4v) is 3.61. The maximum absolute atomic E-state index is 13.1. The molecule has 2 heterocycles. The fourth-order valence-electron chi connectivity index (χ4n) is 3.37. The maximum atomic E-state index is 13.1. The van der Waals surface area contributed by atoms with Gasteiger partial charge in [-0.2, -0.15) is 10.1 Å². The lowest BCUT2D eigenvalue weighted by atomic mass is 10.1. The minimum atomic E-state index is -0.346. The summed E-state index contributed by atoms with van der Waals surface area (Å²) in [5.41, 5.74) is 3.94. The van der Waals surface area contributed by atoms with Crippen molar-refractivity contribution in [1.82, 2.24) is 19.9 Å².